The van der Waals surface area contributed by atoms with Gasteiger partial charge in [0, 0.05) is 11.3 Å². The highest BCUT2D eigenvalue weighted by Gasteiger charge is 2.16. The van der Waals surface area contributed by atoms with Crippen LogP contribution in [0.25, 0.3) is 0 Å². The molecule has 0 unspecified atom stereocenters. The molecule has 0 aromatic heterocycles. The van der Waals surface area contributed by atoms with Gasteiger partial charge in [0.15, 0.2) is 16.7 Å². The quantitative estimate of drug-likeness (QED) is 0.915. The van der Waals surface area contributed by atoms with Gasteiger partial charge >= 0.3 is 0 Å². The van der Waals surface area contributed by atoms with Crippen LogP contribution in [0.15, 0.2) is 46.5 Å². The van der Waals surface area contributed by atoms with Crippen LogP contribution in [0.2, 0.25) is 0 Å². The number of thioether (sulfide) groups is 1. The largest absolute Gasteiger partial charge is 0.454 e. The van der Waals surface area contributed by atoms with Crippen molar-refractivity contribution in [2.75, 3.05) is 12.5 Å². The maximum atomic E-state index is 5.40. The van der Waals surface area contributed by atoms with E-state index >= 15 is 0 Å². The van der Waals surface area contributed by atoms with Gasteiger partial charge in [0.2, 0.25) is 6.79 Å². The number of fused-ring (bicyclic) bond motifs is 1. The Morgan fingerprint density at radius 3 is 2.80 bits per heavy atom. The fourth-order valence-electron chi connectivity index (χ4n) is 2.88. The first-order valence-electron chi connectivity index (χ1n) is 8.15. The van der Waals surface area contributed by atoms with Crippen molar-refractivity contribution in [1.29, 1.82) is 0 Å². The predicted octanol–water partition coefficient (Wildman–Crippen LogP) is 3.63. The van der Waals surface area contributed by atoms with Crippen molar-refractivity contribution in [1.82, 2.24) is 5.43 Å². The molecule has 0 amide bonds. The number of aliphatic imine (C=N–C) groups is 1. The maximum absolute atomic E-state index is 5.40. The monoisotopic (exact) mass is 353 g/mol. The molecule has 0 saturated heterocycles. The lowest BCUT2D eigenvalue weighted by Crippen LogP contribution is -2.26. The average Bonchev–Trinajstić information content (AvgIpc) is 3.08. The standard InChI is InChI=1S/C19H19N3O2S/c1-12-3-5-15(13(2)7-12)16-10-25-19(22-21-16)20-9-14-4-6-17-18(8-14)24-11-23-17/h3-8H,9-11H2,1-2H3,(H,20,22). The molecule has 2 heterocycles. The summed E-state index contributed by atoms with van der Waals surface area (Å²) in [6.45, 7) is 5.10. The zero-order chi connectivity index (χ0) is 17.2. The minimum absolute atomic E-state index is 0.292. The normalized spacial score (nSPS) is 17.4. The fraction of sp³-hybridized carbons (Fsp3) is 0.263. The third-order valence-electron chi connectivity index (χ3n) is 4.17. The molecule has 4 rings (SSSR count). The van der Waals surface area contributed by atoms with E-state index in [0.29, 0.717) is 13.3 Å². The van der Waals surface area contributed by atoms with Crippen LogP contribution >= 0.6 is 11.8 Å². The Labute approximate surface area is 151 Å². The molecule has 5 nitrogen and oxygen atoms in total. The summed E-state index contributed by atoms with van der Waals surface area (Å²) in [5.74, 6) is 2.40. The van der Waals surface area contributed by atoms with E-state index in [1.54, 1.807) is 11.8 Å². The molecular formula is C19H19N3O2S. The number of nitrogens with zero attached hydrogens (tertiary/aromatic N) is 2. The predicted molar refractivity (Wildman–Crippen MR) is 102 cm³/mol. The molecule has 2 aliphatic heterocycles. The molecule has 2 aromatic rings. The Kier molecular flexibility index (Phi) is 4.36. The van der Waals surface area contributed by atoms with E-state index in [9.17, 15) is 0 Å². The van der Waals surface area contributed by atoms with E-state index in [1.807, 2.05) is 18.2 Å². The summed E-state index contributed by atoms with van der Waals surface area (Å²) in [4.78, 5) is 4.61. The van der Waals surface area contributed by atoms with Crippen LogP contribution in [0, 0.1) is 13.8 Å². The summed E-state index contributed by atoms with van der Waals surface area (Å²) < 4.78 is 10.7. The van der Waals surface area contributed by atoms with E-state index < -0.39 is 0 Å². The summed E-state index contributed by atoms with van der Waals surface area (Å²) in [7, 11) is 0. The maximum Gasteiger partial charge on any atom is 0.231 e. The van der Waals surface area contributed by atoms with E-state index in [4.69, 9.17) is 9.47 Å². The fourth-order valence-corrected chi connectivity index (χ4v) is 3.63. The zero-order valence-electron chi connectivity index (χ0n) is 14.2. The number of ether oxygens (including phenoxy) is 2. The Bertz CT molecular complexity index is 877. The number of aryl methyl sites for hydroxylation is 2. The van der Waals surface area contributed by atoms with E-state index in [0.717, 1.165) is 33.7 Å². The molecule has 6 heteroatoms. The highest BCUT2D eigenvalue weighted by atomic mass is 32.2. The van der Waals surface area contributed by atoms with Gasteiger partial charge < -0.3 is 9.47 Å². The number of hydrazone groups is 1. The van der Waals surface area contributed by atoms with Gasteiger partial charge in [-0.1, -0.05) is 41.6 Å². The van der Waals surface area contributed by atoms with Gasteiger partial charge in [-0.2, -0.15) is 5.10 Å². The molecule has 25 heavy (non-hydrogen) atoms. The van der Waals surface area contributed by atoms with Gasteiger partial charge in [-0.15, -0.1) is 0 Å². The molecule has 0 spiro atoms. The Hall–Kier alpha value is -2.47. The SMILES string of the molecule is Cc1ccc(C2=NNC(=NCc3ccc4c(c3)OCO4)SC2)c(C)c1. The number of hydrogen-bond donors (Lipinski definition) is 1. The lowest BCUT2D eigenvalue weighted by Gasteiger charge is -2.16. The second kappa shape index (κ2) is 6.80. The second-order valence-corrected chi connectivity index (χ2v) is 7.05. The molecule has 0 aliphatic carbocycles. The summed E-state index contributed by atoms with van der Waals surface area (Å²) >= 11 is 1.68. The first kappa shape index (κ1) is 16.0. The van der Waals surface area contributed by atoms with Gasteiger partial charge in [0.1, 0.15) is 0 Å². The number of amidine groups is 1. The first-order chi connectivity index (χ1) is 12.2. The molecule has 0 fully saturated rings. The minimum Gasteiger partial charge on any atom is -0.454 e. The molecule has 0 atom stereocenters. The van der Waals surface area contributed by atoms with E-state index in [2.05, 4.69) is 47.6 Å². The Balaban J connectivity index is 1.44. The average molecular weight is 353 g/mol. The van der Waals surface area contributed by atoms with Gasteiger partial charge in [-0.25, -0.2) is 0 Å². The lowest BCUT2D eigenvalue weighted by atomic mass is 10.0. The molecule has 0 saturated carbocycles. The minimum atomic E-state index is 0.292. The molecular weight excluding hydrogens is 334 g/mol. The van der Waals surface area contributed by atoms with Crippen LogP contribution in [-0.2, 0) is 6.54 Å². The highest BCUT2D eigenvalue weighted by Crippen LogP contribution is 2.32. The van der Waals surface area contributed by atoms with Crippen molar-refractivity contribution < 1.29 is 9.47 Å². The third-order valence-corrected chi connectivity index (χ3v) is 5.08. The highest BCUT2D eigenvalue weighted by molar-refractivity contribution is 8.14. The molecule has 2 aliphatic rings. The zero-order valence-corrected chi connectivity index (χ0v) is 15.0. The number of rotatable bonds is 3. The van der Waals surface area contributed by atoms with Crippen molar-refractivity contribution >= 4 is 22.6 Å². The molecule has 0 bridgehead atoms. The molecule has 128 valence electrons. The van der Waals surface area contributed by atoms with Crippen molar-refractivity contribution in [2.24, 2.45) is 10.1 Å². The smallest absolute Gasteiger partial charge is 0.231 e. The van der Waals surface area contributed by atoms with Gasteiger partial charge in [-0.05, 0) is 37.1 Å². The number of benzene rings is 2. The Morgan fingerprint density at radius 1 is 1.12 bits per heavy atom. The molecule has 2 aromatic carbocycles. The van der Waals surface area contributed by atoms with Gasteiger partial charge in [0.05, 0.1) is 12.3 Å². The van der Waals surface area contributed by atoms with Crippen LogP contribution in [0.1, 0.15) is 22.3 Å². The van der Waals surface area contributed by atoms with Crippen LogP contribution in [-0.4, -0.2) is 23.4 Å². The second-order valence-electron chi connectivity index (χ2n) is 6.09. The van der Waals surface area contributed by atoms with Crippen LogP contribution in [0.4, 0.5) is 0 Å². The third kappa shape index (κ3) is 3.49. The van der Waals surface area contributed by atoms with Crippen molar-refractivity contribution in [3.8, 4) is 11.5 Å². The van der Waals surface area contributed by atoms with Crippen molar-refractivity contribution in [3.63, 3.8) is 0 Å². The number of hydrogen-bond acceptors (Lipinski definition) is 5. The van der Waals surface area contributed by atoms with Crippen LogP contribution in [0.5, 0.6) is 11.5 Å². The van der Waals surface area contributed by atoms with Gasteiger partial charge in [0.25, 0.3) is 0 Å². The van der Waals surface area contributed by atoms with E-state index in [1.165, 1.54) is 16.7 Å². The van der Waals surface area contributed by atoms with Crippen molar-refractivity contribution in [2.45, 2.75) is 20.4 Å². The topological polar surface area (TPSA) is 55.2 Å². The summed E-state index contributed by atoms with van der Waals surface area (Å²) in [5.41, 5.74) is 8.94. The summed E-state index contributed by atoms with van der Waals surface area (Å²) in [6.07, 6.45) is 0. The lowest BCUT2D eigenvalue weighted by molar-refractivity contribution is 0.174. The van der Waals surface area contributed by atoms with Crippen molar-refractivity contribution in [3.05, 3.63) is 58.7 Å². The van der Waals surface area contributed by atoms with Gasteiger partial charge in [-0.3, -0.25) is 10.4 Å². The molecule has 1 N–H and O–H groups in total. The van der Waals surface area contributed by atoms with E-state index in [-0.39, 0.29) is 0 Å². The van der Waals surface area contributed by atoms with Crippen LogP contribution in [0.3, 0.4) is 0 Å². The first-order valence-corrected chi connectivity index (χ1v) is 9.13. The molecule has 0 radical (unpaired) electrons. The van der Waals surface area contributed by atoms with Crippen LogP contribution < -0.4 is 14.9 Å². The summed E-state index contributed by atoms with van der Waals surface area (Å²) in [6, 6.07) is 12.4. The summed E-state index contributed by atoms with van der Waals surface area (Å²) in [5, 5.41) is 5.35. The Morgan fingerprint density at radius 2 is 2.00 bits per heavy atom. The number of nitrogens with one attached hydrogen (secondary N) is 1.